The molecule has 0 saturated carbocycles. The van der Waals surface area contributed by atoms with Gasteiger partial charge in [0.1, 0.15) is 11.3 Å². The van der Waals surface area contributed by atoms with Gasteiger partial charge in [-0.15, -0.1) is 0 Å². The van der Waals surface area contributed by atoms with Crippen LogP contribution in [0.15, 0.2) is 59.6 Å². The van der Waals surface area contributed by atoms with Crippen LogP contribution in [0.4, 0.5) is 0 Å². The molecule has 0 atom stereocenters. The van der Waals surface area contributed by atoms with Crippen molar-refractivity contribution >= 4 is 33.5 Å². The Morgan fingerprint density at radius 3 is 2.68 bits per heavy atom. The van der Waals surface area contributed by atoms with Crippen molar-refractivity contribution in [2.24, 2.45) is 4.99 Å². The Labute approximate surface area is 150 Å². The Morgan fingerprint density at radius 2 is 1.96 bits per heavy atom. The fourth-order valence-electron chi connectivity index (χ4n) is 2.61. The second-order valence-electron chi connectivity index (χ2n) is 5.36. The second-order valence-corrected chi connectivity index (χ2v) is 6.37. The number of nitrogens with zero attached hydrogens (tertiary/aromatic N) is 2. The minimum atomic E-state index is -0.268. The number of aromatic nitrogens is 1. The summed E-state index contributed by atoms with van der Waals surface area (Å²) >= 11 is 1.50. The highest BCUT2D eigenvalue weighted by atomic mass is 32.1. The highest BCUT2D eigenvalue weighted by molar-refractivity contribution is 7.16. The smallest absolute Gasteiger partial charge is 0.272 e. The summed E-state index contributed by atoms with van der Waals surface area (Å²) in [6, 6.07) is 15.7. The molecular formula is C20H20N2O2S. The molecule has 4 nitrogen and oxygen atoms in total. The van der Waals surface area contributed by atoms with E-state index in [-0.39, 0.29) is 5.91 Å². The molecule has 25 heavy (non-hydrogen) atoms. The van der Waals surface area contributed by atoms with E-state index in [1.165, 1.54) is 17.4 Å². The van der Waals surface area contributed by atoms with Crippen LogP contribution in [-0.2, 0) is 11.3 Å². The molecule has 0 aliphatic heterocycles. The number of fused-ring (bicyclic) bond motifs is 1. The molecule has 0 aliphatic carbocycles. The molecule has 0 spiro atoms. The molecule has 5 heteroatoms. The number of aryl methyl sites for hydroxylation is 1. The number of amides is 1. The number of ether oxygens (including phenoxy) is 1. The van der Waals surface area contributed by atoms with Crippen molar-refractivity contribution in [3.05, 3.63) is 65.0 Å². The van der Waals surface area contributed by atoms with Crippen molar-refractivity contribution in [2.45, 2.75) is 20.4 Å². The monoisotopic (exact) mass is 352 g/mol. The minimum absolute atomic E-state index is 0.268. The van der Waals surface area contributed by atoms with Crippen molar-refractivity contribution in [3.63, 3.8) is 0 Å². The van der Waals surface area contributed by atoms with Crippen LogP contribution >= 0.6 is 11.3 Å². The molecule has 3 rings (SSSR count). The molecular weight excluding hydrogens is 332 g/mol. The van der Waals surface area contributed by atoms with E-state index in [2.05, 4.69) is 4.99 Å². The van der Waals surface area contributed by atoms with Gasteiger partial charge < -0.3 is 9.30 Å². The third kappa shape index (κ3) is 3.88. The van der Waals surface area contributed by atoms with Crippen molar-refractivity contribution in [3.8, 4) is 5.75 Å². The molecule has 1 aromatic heterocycles. The Balaban J connectivity index is 2.00. The van der Waals surface area contributed by atoms with Crippen LogP contribution in [0.3, 0.4) is 0 Å². The topological polar surface area (TPSA) is 43.6 Å². The van der Waals surface area contributed by atoms with E-state index in [0.717, 1.165) is 28.1 Å². The normalized spacial score (nSPS) is 12.2. The van der Waals surface area contributed by atoms with E-state index in [0.29, 0.717) is 11.4 Å². The Bertz CT molecular complexity index is 968. The van der Waals surface area contributed by atoms with Gasteiger partial charge in [-0.3, -0.25) is 4.79 Å². The lowest BCUT2D eigenvalue weighted by Crippen LogP contribution is -2.15. The molecule has 0 aliphatic rings. The number of benzene rings is 2. The predicted molar refractivity (Wildman–Crippen MR) is 103 cm³/mol. The zero-order chi connectivity index (χ0) is 17.6. The highest BCUT2D eigenvalue weighted by Crippen LogP contribution is 2.27. The lowest BCUT2D eigenvalue weighted by molar-refractivity contribution is -0.113. The molecule has 0 radical (unpaired) electrons. The lowest BCUT2D eigenvalue weighted by Gasteiger charge is -2.07. The van der Waals surface area contributed by atoms with Crippen LogP contribution in [0.2, 0.25) is 0 Å². The third-order valence-electron chi connectivity index (χ3n) is 3.70. The number of carbonyl (C=O) groups is 1. The number of hydrogen-bond acceptors (Lipinski definition) is 3. The molecule has 0 unspecified atom stereocenters. The van der Waals surface area contributed by atoms with E-state index in [9.17, 15) is 4.79 Å². The molecule has 2 aromatic carbocycles. The summed E-state index contributed by atoms with van der Waals surface area (Å²) in [4.78, 5) is 17.2. The van der Waals surface area contributed by atoms with Gasteiger partial charge in [-0.1, -0.05) is 47.7 Å². The summed E-state index contributed by atoms with van der Waals surface area (Å²) in [7, 11) is 0. The summed E-state index contributed by atoms with van der Waals surface area (Å²) in [5, 5.41) is 0. The first kappa shape index (κ1) is 17.2. The zero-order valence-corrected chi connectivity index (χ0v) is 15.1. The highest BCUT2D eigenvalue weighted by Gasteiger charge is 2.10. The number of hydrogen-bond donors (Lipinski definition) is 0. The Morgan fingerprint density at radius 1 is 1.16 bits per heavy atom. The van der Waals surface area contributed by atoms with Crippen molar-refractivity contribution in [1.29, 1.82) is 0 Å². The number of thiazole rings is 1. The summed E-state index contributed by atoms with van der Waals surface area (Å²) in [6.07, 6.45) is 3.28. The van der Waals surface area contributed by atoms with Crippen LogP contribution in [0.1, 0.15) is 19.4 Å². The predicted octanol–water partition coefficient (Wildman–Crippen LogP) is 4.26. The molecule has 0 bridgehead atoms. The fourth-order valence-corrected chi connectivity index (χ4v) is 3.73. The maximum absolute atomic E-state index is 12.2. The Hall–Kier alpha value is -2.66. The third-order valence-corrected chi connectivity index (χ3v) is 4.75. The van der Waals surface area contributed by atoms with E-state index < -0.39 is 0 Å². The number of para-hydroxylation sites is 1. The summed E-state index contributed by atoms with van der Waals surface area (Å²) in [5.41, 5.74) is 1.97. The van der Waals surface area contributed by atoms with Crippen LogP contribution in [0.25, 0.3) is 16.3 Å². The maximum atomic E-state index is 12.2. The van der Waals surface area contributed by atoms with Crippen LogP contribution in [-0.4, -0.2) is 17.1 Å². The van der Waals surface area contributed by atoms with Crippen LogP contribution < -0.4 is 9.54 Å². The first-order valence-electron chi connectivity index (χ1n) is 8.30. The average molecular weight is 352 g/mol. The standard InChI is InChI=1S/C20H20N2O2S/c1-3-22-19-16(24-4-2)11-8-12-17(19)25-20(22)21-18(23)14-13-15-9-6-5-7-10-15/h5-14H,3-4H2,1-2H3. The van der Waals surface area contributed by atoms with Crippen molar-refractivity contribution < 1.29 is 9.53 Å². The molecule has 0 saturated heterocycles. The summed E-state index contributed by atoms with van der Waals surface area (Å²) < 4.78 is 8.82. The second kappa shape index (κ2) is 7.94. The fraction of sp³-hybridized carbons (Fsp3) is 0.200. The van der Waals surface area contributed by atoms with Gasteiger partial charge in [0, 0.05) is 12.6 Å². The molecule has 1 heterocycles. The van der Waals surface area contributed by atoms with Gasteiger partial charge in [0.15, 0.2) is 4.80 Å². The molecule has 0 fully saturated rings. The van der Waals surface area contributed by atoms with Crippen molar-refractivity contribution in [2.75, 3.05) is 6.61 Å². The molecule has 1 amide bonds. The van der Waals surface area contributed by atoms with Gasteiger partial charge in [0.05, 0.1) is 11.3 Å². The zero-order valence-electron chi connectivity index (χ0n) is 14.3. The van der Waals surface area contributed by atoms with Gasteiger partial charge in [0.2, 0.25) is 0 Å². The van der Waals surface area contributed by atoms with Gasteiger partial charge in [-0.05, 0) is 37.6 Å². The molecule has 128 valence electrons. The maximum Gasteiger partial charge on any atom is 0.272 e. The van der Waals surface area contributed by atoms with Gasteiger partial charge in [-0.25, -0.2) is 0 Å². The number of rotatable bonds is 5. The minimum Gasteiger partial charge on any atom is -0.492 e. The quantitative estimate of drug-likeness (QED) is 0.644. The van der Waals surface area contributed by atoms with E-state index >= 15 is 0 Å². The van der Waals surface area contributed by atoms with Crippen LogP contribution in [0, 0.1) is 0 Å². The van der Waals surface area contributed by atoms with E-state index in [1.54, 1.807) is 6.08 Å². The van der Waals surface area contributed by atoms with Crippen LogP contribution in [0.5, 0.6) is 5.75 Å². The first-order valence-corrected chi connectivity index (χ1v) is 9.11. The largest absolute Gasteiger partial charge is 0.492 e. The lowest BCUT2D eigenvalue weighted by atomic mass is 10.2. The molecule has 3 aromatic rings. The van der Waals surface area contributed by atoms with E-state index in [1.807, 2.05) is 66.9 Å². The van der Waals surface area contributed by atoms with Gasteiger partial charge in [0.25, 0.3) is 5.91 Å². The van der Waals surface area contributed by atoms with Crippen molar-refractivity contribution in [1.82, 2.24) is 4.57 Å². The molecule has 0 N–H and O–H groups in total. The SMILES string of the molecule is CCOc1cccc2sc(=NC(=O)C=Cc3ccccc3)n(CC)c12. The summed E-state index contributed by atoms with van der Waals surface area (Å²) in [5.74, 6) is 0.558. The van der Waals surface area contributed by atoms with Gasteiger partial charge in [-0.2, -0.15) is 4.99 Å². The Kier molecular flexibility index (Phi) is 5.46. The first-order chi connectivity index (χ1) is 12.2. The number of carbonyl (C=O) groups excluding carboxylic acids is 1. The van der Waals surface area contributed by atoms with E-state index in [4.69, 9.17) is 4.74 Å². The average Bonchev–Trinajstić information content (AvgIpc) is 2.99. The summed E-state index contributed by atoms with van der Waals surface area (Å²) in [6.45, 7) is 5.32. The van der Waals surface area contributed by atoms with Gasteiger partial charge >= 0.3 is 0 Å².